The summed E-state index contributed by atoms with van der Waals surface area (Å²) in [7, 11) is 0. The Morgan fingerprint density at radius 1 is 0.688 bits per heavy atom. The zero-order valence-electron chi connectivity index (χ0n) is 8.20. The highest BCUT2D eigenvalue weighted by atomic mass is 79.9. The second kappa shape index (κ2) is 7.54. The molecule has 0 aliphatic rings. The highest BCUT2D eigenvalue weighted by Crippen LogP contribution is 2.29. The Hall–Kier alpha value is 0.230. The molecule has 0 saturated heterocycles. The zero-order valence-corrected chi connectivity index (χ0v) is 13.9. The van der Waals surface area contributed by atoms with Gasteiger partial charge in [-0.15, -0.1) is 12.6 Å². The first-order valence-electron chi connectivity index (χ1n) is 4.45. The molecular weight excluding hydrogens is 416 g/mol. The van der Waals surface area contributed by atoms with Crippen LogP contribution in [-0.2, 0) is 0 Å². The van der Waals surface area contributed by atoms with Crippen molar-refractivity contribution in [2.24, 2.45) is 0 Å². The van der Waals surface area contributed by atoms with Gasteiger partial charge in [-0.25, -0.2) is 0 Å². The molecule has 4 heteroatoms. The van der Waals surface area contributed by atoms with Gasteiger partial charge >= 0.3 is 0 Å². The van der Waals surface area contributed by atoms with E-state index in [0.717, 1.165) is 18.3 Å². The zero-order chi connectivity index (χ0) is 12.0. The molecule has 0 spiro atoms. The first kappa shape index (κ1) is 14.3. The number of hydrogen-bond acceptors (Lipinski definition) is 1. The summed E-state index contributed by atoms with van der Waals surface area (Å²) in [6.45, 7) is 0. The minimum Gasteiger partial charge on any atom is -0.143 e. The Balaban J connectivity index is 0.000000165. The largest absolute Gasteiger partial charge is 0.143 e. The predicted octanol–water partition coefficient (Wildman–Crippen LogP) is 5.95. The van der Waals surface area contributed by atoms with Crippen molar-refractivity contribution < 1.29 is 0 Å². The lowest BCUT2D eigenvalue weighted by molar-refractivity contribution is 1.48. The van der Waals surface area contributed by atoms with E-state index in [-0.39, 0.29) is 0 Å². The molecule has 0 nitrogen and oxygen atoms in total. The molecule has 0 heterocycles. The minimum atomic E-state index is 1.02. The molecule has 2 aromatic carbocycles. The fourth-order valence-corrected chi connectivity index (χ4v) is 2.34. The van der Waals surface area contributed by atoms with Crippen LogP contribution in [0, 0.1) is 0 Å². The number of halogens is 3. The minimum absolute atomic E-state index is 1.02. The SMILES string of the molecule is Brc1cccc(Br)c1Br.Sc1ccccc1. The molecule has 0 aliphatic heterocycles. The van der Waals surface area contributed by atoms with E-state index in [1.807, 2.05) is 48.5 Å². The van der Waals surface area contributed by atoms with Gasteiger partial charge in [-0.2, -0.15) is 0 Å². The van der Waals surface area contributed by atoms with Crippen LogP contribution in [0.25, 0.3) is 0 Å². The Kier molecular flexibility index (Phi) is 6.73. The van der Waals surface area contributed by atoms with E-state index in [1.165, 1.54) is 0 Å². The van der Waals surface area contributed by atoms with Gasteiger partial charge in [0, 0.05) is 18.3 Å². The number of thiol groups is 1. The molecule has 0 bridgehead atoms. The van der Waals surface area contributed by atoms with E-state index in [4.69, 9.17) is 0 Å². The third kappa shape index (κ3) is 5.04. The van der Waals surface area contributed by atoms with Crippen LogP contribution >= 0.6 is 60.4 Å². The lowest BCUT2D eigenvalue weighted by Crippen LogP contribution is -1.69. The first-order valence-corrected chi connectivity index (χ1v) is 7.27. The summed E-state index contributed by atoms with van der Waals surface area (Å²) in [6.07, 6.45) is 0. The fourth-order valence-electron chi connectivity index (χ4n) is 0.905. The molecule has 2 aromatic rings. The average Bonchev–Trinajstić information content (AvgIpc) is 2.28. The highest BCUT2D eigenvalue weighted by molar-refractivity contribution is 9.14. The van der Waals surface area contributed by atoms with E-state index in [1.54, 1.807) is 0 Å². The summed E-state index contributed by atoms with van der Waals surface area (Å²) >= 11 is 14.2. The van der Waals surface area contributed by atoms with E-state index in [9.17, 15) is 0 Å². The molecule has 84 valence electrons. The van der Waals surface area contributed by atoms with Gasteiger partial charge in [0.2, 0.25) is 0 Å². The summed E-state index contributed by atoms with van der Waals surface area (Å²) in [5.74, 6) is 0. The van der Waals surface area contributed by atoms with Crippen LogP contribution in [0.1, 0.15) is 0 Å². The Labute approximate surface area is 126 Å². The first-order chi connectivity index (χ1) is 7.61. The van der Waals surface area contributed by atoms with Crippen molar-refractivity contribution in [2.45, 2.75) is 4.90 Å². The summed E-state index contributed by atoms with van der Waals surface area (Å²) in [5, 5.41) is 0. The van der Waals surface area contributed by atoms with Crippen molar-refractivity contribution in [3.8, 4) is 0 Å². The molecule has 0 N–H and O–H groups in total. The van der Waals surface area contributed by atoms with Crippen molar-refractivity contribution in [1.29, 1.82) is 0 Å². The van der Waals surface area contributed by atoms with E-state index in [2.05, 4.69) is 60.4 Å². The third-order valence-electron chi connectivity index (χ3n) is 1.66. The lowest BCUT2D eigenvalue weighted by atomic mass is 10.4. The Morgan fingerprint density at radius 2 is 1.19 bits per heavy atom. The van der Waals surface area contributed by atoms with Crippen molar-refractivity contribution >= 4 is 60.4 Å². The third-order valence-corrected chi connectivity index (χ3v) is 5.20. The van der Waals surface area contributed by atoms with Crippen LogP contribution < -0.4 is 0 Å². The molecule has 0 fully saturated rings. The standard InChI is InChI=1S/C6H3Br3.C6H6S/c7-4-2-1-3-5(8)6(4)9;7-6-4-2-1-3-5-6/h1-3H;1-5,7H. The van der Waals surface area contributed by atoms with Gasteiger partial charge in [-0.3, -0.25) is 0 Å². The number of benzene rings is 2. The molecular formula is C12H9Br3S. The predicted molar refractivity (Wildman–Crippen MR) is 83.2 cm³/mol. The molecule has 2 rings (SSSR count). The molecule has 0 saturated carbocycles. The van der Waals surface area contributed by atoms with E-state index >= 15 is 0 Å². The maximum Gasteiger partial charge on any atom is 0.0459 e. The lowest BCUT2D eigenvalue weighted by Gasteiger charge is -1.95. The normalized spacial score (nSPS) is 9.25. The molecule has 0 aromatic heterocycles. The maximum atomic E-state index is 4.08. The molecule has 16 heavy (non-hydrogen) atoms. The van der Waals surface area contributed by atoms with Gasteiger partial charge in [0.05, 0.1) is 0 Å². The Morgan fingerprint density at radius 3 is 1.50 bits per heavy atom. The van der Waals surface area contributed by atoms with Gasteiger partial charge in [-0.05, 0) is 72.1 Å². The second-order valence-corrected chi connectivity index (χ2v) is 5.89. The molecule has 0 amide bonds. The summed E-state index contributed by atoms with van der Waals surface area (Å²) in [4.78, 5) is 1.02. The topological polar surface area (TPSA) is 0 Å². The Bertz CT molecular complexity index is 423. The van der Waals surface area contributed by atoms with Crippen LogP contribution in [0.4, 0.5) is 0 Å². The van der Waals surface area contributed by atoms with Crippen molar-refractivity contribution in [1.82, 2.24) is 0 Å². The fraction of sp³-hybridized carbons (Fsp3) is 0. The van der Waals surface area contributed by atoms with Crippen LogP contribution in [0.2, 0.25) is 0 Å². The van der Waals surface area contributed by atoms with E-state index in [0.29, 0.717) is 0 Å². The van der Waals surface area contributed by atoms with Crippen LogP contribution in [0.5, 0.6) is 0 Å². The van der Waals surface area contributed by atoms with Gasteiger partial charge in [0.15, 0.2) is 0 Å². The van der Waals surface area contributed by atoms with Crippen molar-refractivity contribution in [2.75, 3.05) is 0 Å². The quantitative estimate of drug-likeness (QED) is 0.392. The van der Waals surface area contributed by atoms with Gasteiger partial charge in [0.1, 0.15) is 0 Å². The number of hydrogen-bond donors (Lipinski definition) is 1. The average molecular weight is 425 g/mol. The summed E-state index contributed by atoms with van der Waals surface area (Å²) in [6, 6.07) is 15.7. The van der Waals surface area contributed by atoms with E-state index < -0.39 is 0 Å². The van der Waals surface area contributed by atoms with Crippen molar-refractivity contribution in [3.05, 3.63) is 61.9 Å². The highest BCUT2D eigenvalue weighted by Gasteiger charge is 1.97. The maximum absolute atomic E-state index is 4.08. The molecule has 0 aliphatic carbocycles. The van der Waals surface area contributed by atoms with Gasteiger partial charge in [0.25, 0.3) is 0 Å². The monoisotopic (exact) mass is 422 g/mol. The van der Waals surface area contributed by atoms with Gasteiger partial charge in [-0.1, -0.05) is 24.3 Å². The van der Waals surface area contributed by atoms with Gasteiger partial charge < -0.3 is 0 Å². The summed E-state index contributed by atoms with van der Waals surface area (Å²) < 4.78 is 3.19. The molecule has 0 atom stereocenters. The van der Waals surface area contributed by atoms with Crippen LogP contribution in [0.3, 0.4) is 0 Å². The van der Waals surface area contributed by atoms with Crippen LogP contribution in [-0.4, -0.2) is 0 Å². The number of rotatable bonds is 0. The molecule has 0 radical (unpaired) electrons. The van der Waals surface area contributed by atoms with Crippen LogP contribution in [0.15, 0.2) is 66.8 Å². The second-order valence-electron chi connectivity index (χ2n) is 2.87. The molecule has 0 unspecified atom stereocenters. The van der Waals surface area contributed by atoms with Crippen molar-refractivity contribution in [3.63, 3.8) is 0 Å². The smallest absolute Gasteiger partial charge is 0.0459 e. The summed E-state index contributed by atoms with van der Waals surface area (Å²) in [5.41, 5.74) is 0.